The molecule has 0 spiro atoms. The highest BCUT2D eigenvalue weighted by molar-refractivity contribution is 7.92. The molecule has 236 valence electrons. The van der Waals surface area contributed by atoms with Gasteiger partial charge in [0.1, 0.15) is 18.3 Å². The topological polar surface area (TPSA) is 96.0 Å². The minimum Gasteiger partial charge on any atom is -0.497 e. The van der Waals surface area contributed by atoms with E-state index in [1.54, 1.807) is 67.8 Å². The lowest BCUT2D eigenvalue weighted by Gasteiger charge is -2.34. The van der Waals surface area contributed by atoms with Gasteiger partial charge in [-0.25, -0.2) is 8.42 Å². The van der Waals surface area contributed by atoms with E-state index in [-0.39, 0.29) is 29.8 Å². The normalized spacial score (nSPS) is 12.0. The molecular weight excluding hydrogens is 586 g/mol. The van der Waals surface area contributed by atoms with Gasteiger partial charge in [-0.15, -0.1) is 0 Å². The predicted octanol–water partition coefficient (Wildman–Crippen LogP) is 5.67. The average molecular weight is 628 g/mol. The Morgan fingerprint density at radius 2 is 1.40 bits per heavy atom. The van der Waals surface area contributed by atoms with Crippen LogP contribution in [0.1, 0.15) is 36.1 Å². The molecular formula is C36H41N3O5S. The van der Waals surface area contributed by atoms with Gasteiger partial charge in [0.2, 0.25) is 11.8 Å². The van der Waals surface area contributed by atoms with Crippen LogP contribution in [0.3, 0.4) is 0 Å². The molecule has 0 aliphatic heterocycles. The van der Waals surface area contributed by atoms with E-state index in [2.05, 4.69) is 5.32 Å². The Kier molecular flexibility index (Phi) is 11.0. The minimum atomic E-state index is -4.15. The van der Waals surface area contributed by atoms with Gasteiger partial charge < -0.3 is 15.0 Å². The van der Waals surface area contributed by atoms with Gasteiger partial charge in [0, 0.05) is 19.0 Å². The molecule has 0 aliphatic carbocycles. The summed E-state index contributed by atoms with van der Waals surface area (Å²) >= 11 is 0. The Labute approximate surface area is 266 Å². The highest BCUT2D eigenvalue weighted by Gasteiger charge is 2.34. The summed E-state index contributed by atoms with van der Waals surface area (Å²) in [6.07, 6.45) is 0.240. The van der Waals surface area contributed by atoms with Gasteiger partial charge in [0.05, 0.1) is 17.7 Å². The van der Waals surface area contributed by atoms with Crippen LogP contribution in [-0.4, -0.2) is 50.9 Å². The van der Waals surface area contributed by atoms with Gasteiger partial charge in [0.25, 0.3) is 10.0 Å². The van der Waals surface area contributed by atoms with Gasteiger partial charge >= 0.3 is 0 Å². The summed E-state index contributed by atoms with van der Waals surface area (Å²) in [5, 5.41) is 2.97. The number of aryl methyl sites for hydroxylation is 2. The lowest BCUT2D eigenvalue weighted by molar-refractivity contribution is -0.140. The minimum absolute atomic E-state index is 0.0609. The fourth-order valence-electron chi connectivity index (χ4n) is 4.98. The first-order chi connectivity index (χ1) is 21.5. The maximum Gasteiger partial charge on any atom is 0.264 e. The summed E-state index contributed by atoms with van der Waals surface area (Å²) in [4.78, 5) is 29.9. The number of carbonyl (C=O) groups is 2. The molecule has 0 aromatic heterocycles. The van der Waals surface area contributed by atoms with E-state index >= 15 is 0 Å². The molecule has 0 saturated carbocycles. The monoisotopic (exact) mass is 627 g/mol. The molecule has 0 radical (unpaired) electrons. The third kappa shape index (κ3) is 8.73. The summed E-state index contributed by atoms with van der Waals surface area (Å²) < 4.78 is 34.8. The van der Waals surface area contributed by atoms with Gasteiger partial charge in [0.15, 0.2) is 0 Å². The van der Waals surface area contributed by atoms with Crippen molar-refractivity contribution in [2.24, 2.45) is 0 Å². The summed E-state index contributed by atoms with van der Waals surface area (Å²) in [5.74, 6) is -0.239. The average Bonchev–Trinajstić information content (AvgIpc) is 3.02. The summed E-state index contributed by atoms with van der Waals surface area (Å²) in [6, 6.07) is 29.2. The van der Waals surface area contributed by atoms with Crippen LogP contribution in [-0.2, 0) is 32.6 Å². The smallest absolute Gasteiger partial charge is 0.264 e. The zero-order chi connectivity index (χ0) is 32.6. The molecule has 4 aromatic rings. The largest absolute Gasteiger partial charge is 0.497 e. The second-order valence-electron chi connectivity index (χ2n) is 11.4. The second kappa shape index (κ2) is 14.9. The molecule has 4 rings (SSSR count). The molecule has 0 fully saturated rings. The lowest BCUT2D eigenvalue weighted by atomic mass is 10.0. The molecule has 0 saturated heterocycles. The number of anilines is 1. The number of sulfonamides is 1. The van der Waals surface area contributed by atoms with E-state index in [0.29, 0.717) is 11.4 Å². The molecule has 4 aromatic carbocycles. The van der Waals surface area contributed by atoms with E-state index < -0.39 is 28.5 Å². The number of hydrogen-bond acceptors (Lipinski definition) is 5. The molecule has 9 heteroatoms. The summed E-state index contributed by atoms with van der Waals surface area (Å²) in [7, 11) is -2.59. The van der Waals surface area contributed by atoms with Crippen LogP contribution >= 0.6 is 0 Å². The van der Waals surface area contributed by atoms with Crippen molar-refractivity contribution in [3.8, 4) is 5.75 Å². The van der Waals surface area contributed by atoms with Crippen molar-refractivity contribution in [1.29, 1.82) is 0 Å². The predicted molar refractivity (Wildman–Crippen MR) is 178 cm³/mol. The van der Waals surface area contributed by atoms with Crippen LogP contribution < -0.4 is 14.4 Å². The molecule has 8 nitrogen and oxygen atoms in total. The molecule has 0 bridgehead atoms. The van der Waals surface area contributed by atoms with E-state index in [4.69, 9.17) is 4.74 Å². The molecule has 45 heavy (non-hydrogen) atoms. The van der Waals surface area contributed by atoms with Crippen LogP contribution in [0.15, 0.2) is 108 Å². The SMILES string of the molecule is COc1cccc(CN(C(=O)CN(c2ccc(C)cc2)S(=O)(=O)c2ccc(C)cc2)C(Cc2ccccc2)C(=O)NC(C)C)c1. The molecule has 0 aliphatic rings. The van der Waals surface area contributed by atoms with Crippen LogP contribution in [0.4, 0.5) is 5.69 Å². The maximum absolute atomic E-state index is 14.5. The van der Waals surface area contributed by atoms with Crippen molar-refractivity contribution in [2.75, 3.05) is 18.0 Å². The number of nitrogens with one attached hydrogen (secondary N) is 1. The van der Waals surface area contributed by atoms with Crippen molar-refractivity contribution in [2.45, 2.75) is 57.6 Å². The first kappa shape index (κ1) is 33.3. The van der Waals surface area contributed by atoms with Crippen LogP contribution in [0.5, 0.6) is 5.75 Å². The van der Waals surface area contributed by atoms with Crippen molar-refractivity contribution >= 4 is 27.5 Å². The standard InChI is InChI=1S/C36H41N3O5S/c1-26(2)37-36(41)34(23-29-10-7-6-8-11-29)38(24-30-12-9-13-32(22-30)44-5)35(40)25-39(31-18-14-27(3)15-19-31)45(42,43)33-20-16-28(4)17-21-33/h6-22,26,34H,23-25H2,1-5H3,(H,37,41). The Hall–Kier alpha value is -4.63. The van der Waals surface area contributed by atoms with Gasteiger partial charge in [-0.3, -0.25) is 13.9 Å². The number of nitrogens with zero attached hydrogens (tertiary/aromatic N) is 2. The Bertz CT molecular complexity index is 1690. The number of carbonyl (C=O) groups excluding carboxylic acids is 2. The molecule has 1 N–H and O–H groups in total. The van der Waals surface area contributed by atoms with Crippen LogP contribution in [0.25, 0.3) is 0 Å². The van der Waals surface area contributed by atoms with Crippen molar-refractivity contribution in [3.63, 3.8) is 0 Å². The molecule has 0 heterocycles. The van der Waals surface area contributed by atoms with E-state index in [9.17, 15) is 18.0 Å². The number of rotatable bonds is 13. The number of ether oxygens (including phenoxy) is 1. The molecule has 2 amide bonds. The third-order valence-corrected chi connectivity index (χ3v) is 9.19. The highest BCUT2D eigenvalue weighted by atomic mass is 32.2. The fraction of sp³-hybridized carbons (Fsp3) is 0.278. The molecule has 1 unspecified atom stereocenters. The van der Waals surface area contributed by atoms with E-state index in [1.165, 1.54) is 4.90 Å². The number of methoxy groups -OCH3 is 1. The fourth-order valence-corrected chi connectivity index (χ4v) is 6.39. The third-order valence-electron chi connectivity index (χ3n) is 7.40. The summed E-state index contributed by atoms with van der Waals surface area (Å²) in [5.41, 5.74) is 3.82. The van der Waals surface area contributed by atoms with Crippen molar-refractivity contribution in [1.82, 2.24) is 10.2 Å². The van der Waals surface area contributed by atoms with Crippen LogP contribution in [0.2, 0.25) is 0 Å². The Morgan fingerprint density at radius 1 is 0.800 bits per heavy atom. The van der Waals surface area contributed by atoms with E-state index in [0.717, 1.165) is 26.6 Å². The van der Waals surface area contributed by atoms with Crippen molar-refractivity contribution in [3.05, 3.63) is 125 Å². The van der Waals surface area contributed by atoms with Crippen molar-refractivity contribution < 1.29 is 22.7 Å². The zero-order valence-electron chi connectivity index (χ0n) is 26.4. The van der Waals surface area contributed by atoms with E-state index in [1.807, 2.05) is 70.2 Å². The number of benzene rings is 4. The summed E-state index contributed by atoms with van der Waals surface area (Å²) in [6.45, 7) is 7.06. The highest BCUT2D eigenvalue weighted by Crippen LogP contribution is 2.26. The van der Waals surface area contributed by atoms with Gasteiger partial charge in [-0.05, 0) is 75.2 Å². The first-order valence-corrected chi connectivity index (χ1v) is 16.3. The number of hydrogen-bond donors (Lipinski definition) is 1. The van der Waals surface area contributed by atoms with Gasteiger partial charge in [-0.1, -0.05) is 77.9 Å². The Morgan fingerprint density at radius 3 is 2.00 bits per heavy atom. The quantitative estimate of drug-likeness (QED) is 0.206. The van der Waals surface area contributed by atoms with Crippen LogP contribution in [0, 0.1) is 13.8 Å². The zero-order valence-corrected chi connectivity index (χ0v) is 27.3. The Balaban J connectivity index is 1.81. The number of amides is 2. The van der Waals surface area contributed by atoms with Gasteiger partial charge in [-0.2, -0.15) is 0 Å². The second-order valence-corrected chi connectivity index (χ2v) is 13.3. The first-order valence-electron chi connectivity index (χ1n) is 14.9. The lowest BCUT2D eigenvalue weighted by Crippen LogP contribution is -2.54. The molecule has 1 atom stereocenters. The maximum atomic E-state index is 14.5.